The van der Waals surface area contributed by atoms with Crippen molar-refractivity contribution in [1.82, 2.24) is 9.78 Å². The van der Waals surface area contributed by atoms with Crippen LogP contribution in [0, 0.1) is 0 Å². The highest BCUT2D eigenvalue weighted by atomic mass is 16.5. The molecule has 0 radical (unpaired) electrons. The maximum atomic E-state index is 11.3. The van der Waals surface area contributed by atoms with Gasteiger partial charge in [0.15, 0.2) is 5.69 Å². The molecule has 0 aliphatic rings. The minimum absolute atomic E-state index is 0.150. The fourth-order valence-electron chi connectivity index (χ4n) is 1.77. The zero-order valence-corrected chi connectivity index (χ0v) is 11.1. The fourth-order valence-corrected chi connectivity index (χ4v) is 1.77. The molecule has 1 aromatic carbocycles. The third-order valence-corrected chi connectivity index (χ3v) is 2.84. The Morgan fingerprint density at radius 2 is 2.11 bits per heavy atom. The summed E-state index contributed by atoms with van der Waals surface area (Å²) in [6.45, 7) is 3.95. The van der Waals surface area contributed by atoms with Gasteiger partial charge in [0, 0.05) is 6.07 Å². The lowest BCUT2D eigenvalue weighted by Gasteiger charge is -2.06. The van der Waals surface area contributed by atoms with Gasteiger partial charge in [-0.25, -0.2) is 9.48 Å². The summed E-state index contributed by atoms with van der Waals surface area (Å²) in [5.74, 6) is -0.164. The molecule has 1 aromatic heterocycles. The molecule has 0 amide bonds. The van der Waals surface area contributed by atoms with Crippen LogP contribution in [0.25, 0.3) is 5.69 Å². The van der Waals surface area contributed by atoms with E-state index in [1.165, 1.54) is 4.68 Å². The molecule has 0 saturated heterocycles. The van der Waals surface area contributed by atoms with E-state index in [4.69, 9.17) is 4.74 Å². The van der Waals surface area contributed by atoms with Gasteiger partial charge >= 0.3 is 5.97 Å². The Balaban J connectivity index is 2.56. The van der Waals surface area contributed by atoms with Crippen LogP contribution < -0.4 is 4.74 Å². The molecule has 0 bridgehead atoms. The highest BCUT2D eigenvalue weighted by molar-refractivity contribution is 5.86. The first-order valence-corrected chi connectivity index (χ1v) is 6.00. The average Bonchev–Trinajstić information content (AvgIpc) is 2.84. The van der Waals surface area contributed by atoms with Crippen LogP contribution in [0.4, 0.5) is 0 Å². The third-order valence-electron chi connectivity index (χ3n) is 2.84. The van der Waals surface area contributed by atoms with Crippen molar-refractivity contribution in [1.29, 1.82) is 0 Å². The van der Waals surface area contributed by atoms with Gasteiger partial charge in [-0.15, -0.1) is 0 Å². The molecule has 0 aliphatic carbocycles. The fraction of sp³-hybridized carbons (Fsp3) is 0.286. The second-order valence-electron chi connectivity index (χ2n) is 4.53. The molecular formula is C14H16N2O3. The van der Waals surface area contributed by atoms with Crippen molar-refractivity contribution >= 4 is 5.97 Å². The zero-order valence-electron chi connectivity index (χ0n) is 11.1. The zero-order chi connectivity index (χ0) is 14.0. The molecule has 0 saturated carbocycles. The van der Waals surface area contributed by atoms with Gasteiger partial charge in [0.1, 0.15) is 5.75 Å². The predicted octanol–water partition coefficient (Wildman–Crippen LogP) is 2.70. The number of carbonyl (C=O) groups is 1. The molecule has 0 aliphatic heterocycles. The Labute approximate surface area is 111 Å². The van der Waals surface area contributed by atoms with Gasteiger partial charge in [0.05, 0.1) is 18.5 Å². The van der Waals surface area contributed by atoms with Gasteiger partial charge in [0.25, 0.3) is 0 Å². The van der Waals surface area contributed by atoms with Crippen molar-refractivity contribution in [3.05, 3.63) is 41.7 Å². The minimum atomic E-state index is -0.998. The maximum Gasteiger partial charge on any atom is 0.354 e. The Kier molecular flexibility index (Phi) is 3.55. The number of hydrogen-bond donors (Lipinski definition) is 1. The summed E-state index contributed by atoms with van der Waals surface area (Å²) >= 11 is 0. The van der Waals surface area contributed by atoms with Gasteiger partial charge in [0.2, 0.25) is 0 Å². The van der Waals surface area contributed by atoms with Crippen LogP contribution in [-0.4, -0.2) is 28.0 Å². The van der Waals surface area contributed by atoms with E-state index in [2.05, 4.69) is 5.10 Å². The molecular weight excluding hydrogens is 244 g/mol. The molecule has 5 nitrogen and oxygen atoms in total. The van der Waals surface area contributed by atoms with Crippen LogP contribution in [0.1, 0.15) is 35.9 Å². The maximum absolute atomic E-state index is 11.3. The first-order chi connectivity index (χ1) is 9.02. The van der Waals surface area contributed by atoms with Gasteiger partial charge in [-0.2, -0.15) is 5.10 Å². The van der Waals surface area contributed by atoms with Crippen LogP contribution in [0.5, 0.6) is 5.75 Å². The van der Waals surface area contributed by atoms with Gasteiger partial charge in [-0.3, -0.25) is 0 Å². The lowest BCUT2D eigenvalue weighted by atomic mass is 10.1. The van der Waals surface area contributed by atoms with Crippen LogP contribution in [-0.2, 0) is 0 Å². The first kappa shape index (κ1) is 13.1. The monoisotopic (exact) mass is 260 g/mol. The normalized spacial score (nSPS) is 10.7. The number of aromatic carboxylic acids is 1. The molecule has 2 rings (SSSR count). The largest absolute Gasteiger partial charge is 0.497 e. The molecule has 19 heavy (non-hydrogen) atoms. The topological polar surface area (TPSA) is 64.4 Å². The standard InChI is InChI=1S/C14H16N2O3/c1-9(2)12-8-13(14(17)18)16(15-12)10-5-4-6-11(7-10)19-3/h4-9H,1-3H3,(H,17,18). The summed E-state index contributed by atoms with van der Waals surface area (Å²) in [5.41, 5.74) is 1.57. The Morgan fingerprint density at radius 1 is 1.37 bits per heavy atom. The SMILES string of the molecule is COc1cccc(-n2nc(C(C)C)cc2C(=O)O)c1. The van der Waals surface area contributed by atoms with E-state index < -0.39 is 5.97 Å². The molecule has 2 aromatic rings. The Hall–Kier alpha value is -2.30. The number of aromatic nitrogens is 2. The Morgan fingerprint density at radius 3 is 2.68 bits per heavy atom. The van der Waals surface area contributed by atoms with Gasteiger partial charge < -0.3 is 9.84 Å². The summed E-state index contributed by atoms with van der Waals surface area (Å²) in [5, 5.41) is 13.6. The molecule has 0 spiro atoms. The summed E-state index contributed by atoms with van der Waals surface area (Å²) in [6.07, 6.45) is 0. The number of carboxylic acid groups (broad SMARTS) is 1. The van der Waals surface area contributed by atoms with Gasteiger partial charge in [-0.05, 0) is 24.1 Å². The van der Waals surface area contributed by atoms with E-state index >= 15 is 0 Å². The molecule has 0 unspecified atom stereocenters. The third kappa shape index (κ3) is 2.59. The quantitative estimate of drug-likeness (QED) is 0.918. The van der Waals surface area contributed by atoms with E-state index in [0.29, 0.717) is 11.4 Å². The van der Waals surface area contributed by atoms with Crippen LogP contribution in [0.15, 0.2) is 30.3 Å². The molecule has 5 heteroatoms. The van der Waals surface area contributed by atoms with Crippen molar-refractivity contribution in [2.45, 2.75) is 19.8 Å². The lowest BCUT2D eigenvalue weighted by molar-refractivity contribution is 0.0687. The molecule has 100 valence electrons. The molecule has 1 N–H and O–H groups in total. The second kappa shape index (κ2) is 5.14. The number of ether oxygens (including phenoxy) is 1. The molecule has 0 fully saturated rings. The van der Waals surface area contributed by atoms with Crippen LogP contribution in [0.3, 0.4) is 0 Å². The van der Waals surface area contributed by atoms with Crippen molar-refractivity contribution in [2.24, 2.45) is 0 Å². The summed E-state index contributed by atoms with van der Waals surface area (Å²) in [7, 11) is 1.57. The van der Waals surface area contributed by atoms with Gasteiger partial charge in [-0.1, -0.05) is 19.9 Å². The number of benzene rings is 1. The number of hydrogen-bond acceptors (Lipinski definition) is 3. The number of nitrogens with zero attached hydrogens (tertiary/aromatic N) is 2. The minimum Gasteiger partial charge on any atom is -0.497 e. The Bertz CT molecular complexity index is 602. The average molecular weight is 260 g/mol. The number of rotatable bonds is 4. The van der Waals surface area contributed by atoms with E-state index in [1.54, 1.807) is 37.4 Å². The molecule has 0 atom stereocenters. The summed E-state index contributed by atoms with van der Waals surface area (Å²) < 4.78 is 6.57. The van der Waals surface area contributed by atoms with Crippen molar-refractivity contribution in [3.8, 4) is 11.4 Å². The van der Waals surface area contributed by atoms with Crippen LogP contribution >= 0.6 is 0 Å². The first-order valence-electron chi connectivity index (χ1n) is 6.00. The van der Waals surface area contributed by atoms with E-state index in [1.807, 2.05) is 13.8 Å². The highest BCUT2D eigenvalue weighted by Gasteiger charge is 2.17. The van der Waals surface area contributed by atoms with E-state index in [0.717, 1.165) is 5.69 Å². The highest BCUT2D eigenvalue weighted by Crippen LogP contribution is 2.21. The van der Waals surface area contributed by atoms with Crippen molar-refractivity contribution in [2.75, 3.05) is 7.11 Å². The van der Waals surface area contributed by atoms with Crippen molar-refractivity contribution in [3.63, 3.8) is 0 Å². The lowest BCUT2D eigenvalue weighted by Crippen LogP contribution is -2.08. The molecule has 1 heterocycles. The van der Waals surface area contributed by atoms with Crippen LogP contribution in [0.2, 0.25) is 0 Å². The summed E-state index contributed by atoms with van der Waals surface area (Å²) in [4.78, 5) is 11.3. The smallest absolute Gasteiger partial charge is 0.354 e. The number of methoxy groups -OCH3 is 1. The van der Waals surface area contributed by atoms with Crippen molar-refractivity contribution < 1.29 is 14.6 Å². The predicted molar refractivity (Wildman–Crippen MR) is 71.2 cm³/mol. The van der Waals surface area contributed by atoms with E-state index in [-0.39, 0.29) is 11.6 Å². The summed E-state index contributed by atoms with van der Waals surface area (Å²) in [6, 6.07) is 8.76. The number of carboxylic acids is 1. The van der Waals surface area contributed by atoms with E-state index in [9.17, 15) is 9.90 Å². The second-order valence-corrected chi connectivity index (χ2v) is 4.53.